The van der Waals surface area contributed by atoms with Crippen molar-refractivity contribution in [3.05, 3.63) is 69.7 Å². The van der Waals surface area contributed by atoms with Crippen LogP contribution in [-0.2, 0) is 11.2 Å². The zero-order valence-corrected chi connectivity index (χ0v) is 14.5. The zero-order valence-electron chi connectivity index (χ0n) is 13.0. The van der Waals surface area contributed by atoms with Crippen LogP contribution < -0.4 is 16.4 Å². The van der Waals surface area contributed by atoms with Gasteiger partial charge >= 0.3 is 6.03 Å². The van der Waals surface area contributed by atoms with Crippen molar-refractivity contribution in [3.63, 3.8) is 0 Å². The van der Waals surface area contributed by atoms with Crippen LogP contribution in [0.5, 0.6) is 0 Å². The van der Waals surface area contributed by atoms with Gasteiger partial charge in [-0.05, 0) is 41.7 Å². The Labute approximate surface area is 148 Å². The second-order valence-corrected chi connectivity index (χ2v) is 6.71. The third kappa shape index (κ3) is 3.59. The van der Waals surface area contributed by atoms with E-state index in [0.29, 0.717) is 5.56 Å². The maximum absolute atomic E-state index is 12.3. The van der Waals surface area contributed by atoms with E-state index >= 15 is 0 Å². The van der Waals surface area contributed by atoms with E-state index in [0.717, 1.165) is 22.9 Å². The minimum Gasteiger partial charge on any atom is -0.368 e. The highest BCUT2D eigenvalue weighted by Crippen LogP contribution is 2.32. The molecule has 6 heteroatoms. The number of carbonyl (C=O) groups is 2. The van der Waals surface area contributed by atoms with E-state index in [1.807, 2.05) is 18.2 Å². The van der Waals surface area contributed by atoms with Gasteiger partial charge < -0.3 is 16.4 Å². The molecule has 2 unspecified atom stereocenters. The molecule has 4 N–H and O–H groups in total. The number of carbonyl (C=O) groups excluding carboxylic acids is 2. The number of primary amides is 1. The van der Waals surface area contributed by atoms with Crippen LogP contribution >= 0.6 is 15.9 Å². The highest BCUT2D eigenvalue weighted by atomic mass is 79.9. The van der Waals surface area contributed by atoms with E-state index in [-0.39, 0.29) is 6.04 Å². The Kier molecular flexibility index (Phi) is 4.85. The Morgan fingerprint density at radius 3 is 2.62 bits per heavy atom. The van der Waals surface area contributed by atoms with Gasteiger partial charge in [0, 0.05) is 4.47 Å². The zero-order chi connectivity index (χ0) is 17.1. The standard InChI is InChI=1S/C18H18BrN3O2/c19-13-7-8-14-12(10-13)6-9-15(14)21-18(24)22-16(17(20)23)11-4-2-1-3-5-11/h1-5,7-8,10,15-16H,6,9H2,(H2,20,23)(H2,21,22,24). The number of halogens is 1. The van der Waals surface area contributed by atoms with E-state index < -0.39 is 18.0 Å². The first-order valence-electron chi connectivity index (χ1n) is 7.74. The number of nitrogens with one attached hydrogen (secondary N) is 2. The van der Waals surface area contributed by atoms with Crippen LogP contribution in [0.15, 0.2) is 53.0 Å². The third-order valence-electron chi connectivity index (χ3n) is 4.18. The molecule has 24 heavy (non-hydrogen) atoms. The molecule has 0 aromatic heterocycles. The van der Waals surface area contributed by atoms with Gasteiger partial charge in [-0.1, -0.05) is 52.3 Å². The van der Waals surface area contributed by atoms with Gasteiger partial charge in [-0.25, -0.2) is 4.79 Å². The molecule has 124 valence electrons. The van der Waals surface area contributed by atoms with Crippen molar-refractivity contribution in [2.24, 2.45) is 5.73 Å². The van der Waals surface area contributed by atoms with E-state index in [9.17, 15) is 9.59 Å². The lowest BCUT2D eigenvalue weighted by molar-refractivity contribution is -0.119. The summed E-state index contributed by atoms with van der Waals surface area (Å²) in [7, 11) is 0. The highest BCUT2D eigenvalue weighted by Gasteiger charge is 2.26. The van der Waals surface area contributed by atoms with Crippen molar-refractivity contribution < 1.29 is 9.59 Å². The molecule has 5 nitrogen and oxygen atoms in total. The molecule has 2 aromatic carbocycles. The van der Waals surface area contributed by atoms with E-state index in [1.165, 1.54) is 5.56 Å². The molecular weight excluding hydrogens is 370 g/mol. The average Bonchev–Trinajstić information content (AvgIpc) is 2.95. The van der Waals surface area contributed by atoms with Gasteiger partial charge in [0.2, 0.25) is 5.91 Å². The first kappa shape index (κ1) is 16.5. The van der Waals surface area contributed by atoms with Crippen molar-refractivity contribution in [1.29, 1.82) is 0 Å². The van der Waals surface area contributed by atoms with Crippen molar-refractivity contribution >= 4 is 27.9 Å². The predicted octanol–water partition coefficient (Wildman–Crippen LogP) is 2.96. The molecule has 2 aromatic rings. The second kappa shape index (κ2) is 7.05. The fourth-order valence-electron chi connectivity index (χ4n) is 3.03. The summed E-state index contributed by atoms with van der Waals surface area (Å²) in [5.74, 6) is -0.591. The molecule has 0 heterocycles. The van der Waals surface area contributed by atoms with Gasteiger partial charge in [-0.15, -0.1) is 0 Å². The molecule has 1 aliphatic rings. The average molecular weight is 388 g/mol. The van der Waals surface area contributed by atoms with Crippen LogP contribution in [0.25, 0.3) is 0 Å². The van der Waals surface area contributed by atoms with Gasteiger partial charge in [-0.2, -0.15) is 0 Å². The largest absolute Gasteiger partial charge is 0.368 e. The molecule has 2 atom stereocenters. The van der Waals surface area contributed by atoms with E-state index in [4.69, 9.17) is 5.73 Å². The lowest BCUT2D eigenvalue weighted by Crippen LogP contribution is -2.43. The number of rotatable bonds is 4. The topological polar surface area (TPSA) is 84.2 Å². The quantitative estimate of drug-likeness (QED) is 0.753. The summed E-state index contributed by atoms with van der Waals surface area (Å²) in [6.07, 6.45) is 1.75. The normalized spacial score (nSPS) is 17.0. The Morgan fingerprint density at radius 1 is 1.17 bits per heavy atom. The van der Waals surface area contributed by atoms with Gasteiger partial charge in [-0.3, -0.25) is 4.79 Å². The van der Waals surface area contributed by atoms with Crippen LogP contribution in [0, 0.1) is 0 Å². The number of amides is 3. The highest BCUT2D eigenvalue weighted by molar-refractivity contribution is 9.10. The SMILES string of the molecule is NC(=O)C(NC(=O)NC1CCc2cc(Br)ccc21)c1ccccc1. The molecule has 0 bridgehead atoms. The first-order valence-corrected chi connectivity index (χ1v) is 8.53. The molecular formula is C18H18BrN3O2. The van der Waals surface area contributed by atoms with E-state index in [1.54, 1.807) is 24.3 Å². The number of hydrogen-bond acceptors (Lipinski definition) is 2. The summed E-state index contributed by atoms with van der Waals surface area (Å²) < 4.78 is 1.03. The fourth-order valence-corrected chi connectivity index (χ4v) is 3.44. The lowest BCUT2D eigenvalue weighted by atomic mass is 10.1. The first-order chi connectivity index (χ1) is 11.5. The minimum atomic E-state index is -0.850. The number of hydrogen-bond donors (Lipinski definition) is 3. The molecule has 3 rings (SSSR count). The number of urea groups is 1. The van der Waals surface area contributed by atoms with Crippen molar-refractivity contribution in [3.8, 4) is 0 Å². The van der Waals surface area contributed by atoms with Crippen molar-refractivity contribution in [1.82, 2.24) is 10.6 Å². The second-order valence-electron chi connectivity index (χ2n) is 5.80. The molecule has 3 amide bonds. The number of benzene rings is 2. The molecule has 0 aliphatic heterocycles. The fraction of sp³-hybridized carbons (Fsp3) is 0.222. The summed E-state index contributed by atoms with van der Waals surface area (Å²) in [6.45, 7) is 0. The Bertz CT molecular complexity index is 764. The van der Waals surface area contributed by atoms with Crippen LogP contribution in [0.1, 0.15) is 35.2 Å². The van der Waals surface area contributed by atoms with Gasteiger partial charge in [0.25, 0.3) is 0 Å². The molecule has 0 radical (unpaired) electrons. The Hall–Kier alpha value is -2.34. The number of aryl methyl sites for hydroxylation is 1. The number of fused-ring (bicyclic) bond motifs is 1. The molecule has 0 saturated carbocycles. The maximum Gasteiger partial charge on any atom is 0.316 e. The summed E-state index contributed by atoms with van der Waals surface area (Å²) in [4.78, 5) is 24.0. The molecule has 1 aliphatic carbocycles. The predicted molar refractivity (Wildman–Crippen MR) is 95.2 cm³/mol. The van der Waals surface area contributed by atoms with Crippen molar-refractivity contribution in [2.45, 2.75) is 24.9 Å². The van der Waals surface area contributed by atoms with Crippen LogP contribution in [0.3, 0.4) is 0 Å². The number of nitrogens with two attached hydrogens (primary N) is 1. The van der Waals surface area contributed by atoms with Crippen LogP contribution in [0.4, 0.5) is 4.79 Å². The van der Waals surface area contributed by atoms with E-state index in [2.05, 4.69) is 32.6 Å². The molecule has 0 spiro atoms. The summed E-state index contributed by atoms with van der Waals surface area (Å²) in [6, 6.07) is 13.7. The minimum absolute atomic E-state index is 0.0580. The molecule has 0 saturated heterocycles. The monoisotopic (exact) mass is 387 g/mol. The molecule has 0 fully saturated rings. The van der Waals surface area contributed by atoms with Gasteiger partial charge in [0.05, 0.1) is 6.04 Å². The maximum atomic E-state index is 12.3. The smallest absolute Gasteiger partial charge is 0.316 e. The van der Waals surface area contributed by atoms with Crippen LogP contribution in [0.2, 0.25) is 0 Å². The van der Waals surface area contributed by atoms with Gasteiger partial charge in [0.15, 0.2) is 0 Å². The summed E-state index contributed by atoms with van der Waals surface area (Å²) in [5, 5.41) is 5.60. The van der Waals surface area contributed by atoms with Gasteiger partial charge in [0.1, 0.15) is 6.04 Å². The van der Waals surface area contributed by atoms with Crippen molar-refractivity contribution in [2.75, 3.05) is 0 Å². The summed E-state index contributed by atoms with van der Waals surface area (Å²) >= 11 is 3.46. The third-order valence-corrected chi connectivity index (χ3v) is 4.67. The lowest BCUT2D eigenvalue weighted by Gasteiger charge is -2.19. The van der Waals surface area contributed by atoms with Crippen LogP contribution in [-0.4, -0.2) is 11.9 Å². The Balaban J connectivity index is 1.69. The Morgan fingerprint density at radius 2 is 1.92 bits per heavy atom. The summed E-state index contributed by atoms with van der Waals surface area (Å²) in [5.41, 5.74) is 8.44.